The smallest absolute Gasteiger partial charge is 0.231 e. The number of phenolic OH excluding ortho intramolecular Hbond substituents is 2. The number of hydrogen-bond donors (Lipinski definition) is 3. The van der Waals surface area contributed by atoms with Crippen molar-refractivity contribution >= 4 is 0 Å². The normalized spacial score (nSPS) is 15.2. The van der Waals surface area contributed by atoms with Crippen LogP contribution in [0.15, 0.2) is 36.4 Å². The highest BCUT2D eigenvalue weighted by atomic mass is 16.7. The van der Waals surface area contributed by atoms with Gasteiger partial charge in [-0.2, -0.15) is 0 Å². The Bertz CT molecular complexity index is 713. The molecule has 3 N–H and O–H groups in total. The van der Waals surface area contributed by atoms with E-state index in [1.807, 2.05) is 18.2 Å². The Morgan fingerprint density at radius 1 is 0.958 bits per heavy atom. The molecule has 1 aliphatic rings. The fraction of sp³-hybridized carbons (Fsp3) is 0.368. The van der Waals surface area contributed by atoms with Crippen LogP contribution in [0.2, 0.25) is 0 Å². The highest BCUT2D eigenvalue weighted by Crippen LogP contribution is 2.34. The van der Waals surface area contributed by atoms with Gasteiger partial charge in [0.1, 0.15) is 0 Å². The minimum Gasteiger partial charge on any atom is -0.504 e. The van der Waals surface area contributed by atoms with Gasteiger partial charge in [-0.25, -0.2) is 0 Å². The van der Waals surface area contributed by atoms with Crippen molar-refractivity contribution in [3.8, 4) is 23.0 Å². The van der Waals surface area contributed by atoms with Gasteiger partial charge in [-0.1, -0.05) is 19.1 Å². The van der Waals surface area contributed by atoms with Crippen molar-refractivity contribution in [2.75, 3.05) is 6.79 Å². The van der Waals surface area contributed by atoms with Crippen molar-refractivity contribution in [2.24, 2.45) is 5.92 Å². The number of aliphatic hydroxyl groups is 1. The fourth-order valence-corrected chi connectivity index (χ4v) is 2.93. The highest BCUT2D eigenvalue weighted by Gasteiger charge is 2.16. The summed E-state index contributed by atoms with van der Waals surface area (Å²) in [6, 6.07) is 10.4. The second-order valence-electron chi connectivity index (χ2n) is 6.34. The van der Waals surface area contributed by atoms with Crippen molar-refractivity contribution in [2.45, 2.75) is 32.3 Å². The summed E-state index contributed by atoms with van der Waals surface area (Å²) in [4.78, 5) is 0. The third-order valence-corrected chi connectivity index (χ3v) is 4.34. The first-order valence-corrected chi connectivity index (χ1v) is 8.11. The van der Waals surface area contributed by atoms with E-state index in [1.54, 1.807) is 6.07 Å². The van der Waals surface area contributed by atoms with Gasteiger partial charge in [0.2, 0.25) is 6.79 Å². The zero-order valence-corrected chi connectivity index (χ0v) is 13.6. The van der Waals surface area contributed by atoms with E-state index in [9.17, 15) is 15.3 Å². The Morgan fingerprint density at radius 2 is 1.75 bits per heavy atom. The predicted molar refractivity (Wildman–Crippen MR) is 89.4 cm³/mol. The number of benzene rings is 2. The molecule has 5 heteroatoms. The molecule has 0 amide bonds. The lowest BCUT2D eigenvalue weighted by Crippen LogP contribution is -2.04. The van der Waals surface area contributed by atoms with E-state index in [4.69, 9.17) is 9.47 Å². The Labute approximate surface area is 141 Å². The van der Waals surface area contributed by atoms with Gasteiger partial charge in [0.15, 0.2) is 23.0 Å². The van der Waals surface area contributed by atoms with E-state index in [1.165, 1.54) is 17.7 Å². The Hall–Kier alpha value is -2.40. The van der Waals surface area contributed by atoms with Crippen LogP contribution >= 0.6 is 0 Å². The summed E-state index contributed by atoms with van der Waals surface area (Å²) >= 11 is 0. The maximum absolute atomic E-state index is 10.2. The molecule has 0 saturated heterocycles. The molecule has 0 bridgehead atoms. The molecule has 0 fully saturated rings. The van der Waals surface area contributed by atoms with Gasteiger partial charge < -0.3 is 24.8 Å². The van der Waals surface area contributed by atoms with E-state index in [0.717, 1.165) is 24.3 Å². The Morgan fingerprint density at radius 3 is 2.54 bits per heavy atom. The minimum absolute atomic E-state index is 0.179. The zero-order chi connectivity index (χ0) is 17.1. The van der Waals surface area contributed by atoms with Gasteiger partial charge in [-0.3, -0.25) is 0 Å². The van der Waals surface area contributed by atoms with Gasteiger partial charge in [0.05, 0.1) is 6.10 Å². The molecular formula is C19H22O5. The van der Waals surface area contributed by atoms with Gasteiger partial charge in [-0.05, 0) is 60.6 Å². The molecule has 128 valence electrons. The van der Waals surface area contributed by atoms with Crippen LogP contribution in [0.5, 0.6) is 23.0 Å². The van der Waals surface area contributed by atoms with E-state index in [2.05, 4.69) is 6.92 Å². The lowest BCUT2D eigenvalue weighted by Gasteiger charge is -2.16. The number of rotatable bonds is 6. The van der Waals surface area contributed by atoms with Gasteiger partial charge in [-0.15, -0.1) is 0 Å². The number of phenols is 2. The first-order valence-electron chi connectivity index (χ1n) is 8.11. The molecular weight excluding hydrogens is 308 g/mol. The molecule has 5 nitrogen and oxygen atoms in total. The van der Waals surface area contributed by atoms with Gasteiger partial charge in [0.25, 0.3) is 0 Å². The molecule has 1 heterocycles. The number of aliphatic hydroxyl groups excluding tert-OH is 1. The first-order chi connectivity index (χ1) is 11.5. The second-order valence-corrected chi connectivity index (χ2v) is 6.34. The van der Waals surface area contributed by atoms with Gasteiger partial charge in [0, 0.05) is 0 Å². The molecule has 0 aliphatic carbocycles. The van der Waals surface area contributed by atoms with E-state index >= 15 is 0 Å². The van der Waals surface area contributed by atoms with Crippen molar-refractivity contribution in [3.05, 3.63) is 47.5 Å². The lowest BCUT2D eigenvalue weighted by molar-refractivity contribution is 0.157. The van der Waals surface area contributed by atoms with Crippen LogP contribution < -0.4 is 9.47 Å². The Balaban J connectivity index is 1.53. The topological polar surface area (TPSA) is 79.2 Å². The van der Waals surface area contributed by atoms with E-state index in [0.29, 0.717) is 17.9 Å². The van der Waals surface area contributed by atoms with E-state index in [-0.39, 0.29) is 18.3 Å². The fourth-order valence-electron chi connectivity index (χ4n) is 2.93. The van der Waals surface area contributed by atoms with Crippen LogP contribution in [0.1, 0.15) is 37.0 Å². The summed E-state index contributed by atoms with van der Waals surface area (Å²) in [5, 5.41) is 29.1. The largest absolute Gasteiger partial charge is 0.504 e. The van der Waals surface area contributed by atoms with E-state index < -0.39 is 6.10 Å². The van der Waals surface area contributed by atoms with Crippen LogP contribution in [0, 0.1) is 5.92 Å². The molecule has 2 aromatic rings. The highest BCUT2D eigenvalue weighted by molar-refractivity contribution is 5.44. The summed E-state index contributed by atoms with van der Waals surface area (Å²) in [5.41, 5.74) is 1.80. The molecule has 0 aromatic heterocycles. The molecule has 24 heavy (non-hydrogen) atoms. The molecule has 0 radical (unpaired) electrons. The first kappa shape index (κ1) is 16.5. The maximum atomic E-state index is 10.2. The molecule has 0 spiro atoms. The lowest BCUT2D eigenvalue weighted by atomic mass is 9.93. The quantitative estimate of drug-likeness (QED) is 0.706. The average molecular weight is 330 g/mol. The molecule has 3 rings (SSSR count). The summed E-state index contributed by atoms with van der Waals surface area (Å²) in [6.45, 7) is 2.42. The van der Waals surface area contributed by atoms with Crippen molar-refractivity contribution < 1.29 is 24.8 Å². The summed E-state index contributed by atoms with van der Waals surface area (Å²) in [5.74, 6) is 1.58. The van der Waals surface area contributed by atoms with Crippen LogP contribution in [0.4, 0.5) is 0 Å². The monoisotopic (exact) mass is 330 g/mol. The SMILES string of the molecule is CC(CCC(O)c1ccc(O)c(O)c1)Cc1ccc2c(c1)OCO2. The van der Waals surface area contributed by atoms with Gasteiger partial charge >= 0.3 is 0 Å². The summed E-state index contributed by atoms with van der Waals surface area (Å²) in [7, 11) is 0. The van der Waals surface area contributed by atoms with Crippen molar-refractivity contribution in [3.63, 3.8) is 0 Å². The third kappa shape index (κ3) is 3.74. The molecule has 2 atom stereocenters. The number of ether oxygens (including phenoxy) is 2. The van der Waals surface area contributed by atoms with Crippen LogP contribution in [-0.2, 0) is 6.42 Å². The second kappa shape index (κ2) is 7.01. The van der Waals surface area contributed by atoms with Crippen LogP contribution in [0.3, 0.4) is 0 Å². The summed E-state index contributed by atoms with van der Waals surface area (Å²) in [6.07, 6.45) is 1.67. The zero-order valence-electron chi connectivity index (χ0n) is 13.6. The van der Waals surface area contributed by atoms with Crippen molar-refractivity contribution in [1.29, 1.82) is 0 Å². The van der Waals surface area contributed by atoms with Crippen molar-refractivity contribution in [1.82, 2.24) is 0 Å². The third-order valence-electron chi connectivity index (χ3n) is 4.34. The molecule has 1 aliphatic heterocycles. The minimum atomic E-state index is -0.657. The average Bonchev–Trinajstić information content (AvgIpc) is 3.03. The molecule has 0 saturated carbocycles. The maximum Gasteiger partial charge on any atom is 0.231 e. The molecule has 2 unspecified atom stereocenters. The number of hydrogen-bond acceptors (Lipinski definition) is 5. The standard InChI is InChI=1S/C19H22O5/c1-12(8-13-3-7-18-19(9-13)24-11-23-18)2-5-15(20)14-4-6-16(21)17(22)10-14/h3-4,6-7,9-10,12,15,20-22H,2,5,8,11H2,1H3. The molecule has 2 aromatic carbocycles. The number of fused-ring (bicyclic) bond motifs is 1. The Kier molecular flexibility index (Phi) is 4.81. The number of aromatic hydroxyl groups is 2. The van der Waals surface area contributed by atoms with Crippen LogP contribution in [0.25, 0.3) is 0 Å². The van der Waals surface area contributed by atoms with Crippen LogP contribution in [-0.4, -0.2) is 22.1 Å². The predicted octanol–water partition coefficient (Wildman–Crippen LogP) is 3.52. The summed E-state index contributed by atoms with van der Waals surface area (Å²) < 4.78 is 10.7.